The van der Waals surface area contributed by atoms with Crippen molar-refractivity contribution in [3.63, 3.8) is 0 Å². The summed E-state index contributed by atoms with van der Waals surface area (Å²) in [5.41, 5.74) is 0.0609. The van der Waals surface area contributed by atoms with Crippen LogP contribution < -0.4 is 5.32 Å². The summed E-state index contributed by atoms with van der Waals surface area (Å²) >= 11 is 0. The van der Waals surface area contributed by atoms with Crippen LogP contribution >= 0.6 is 0 Å². The van der Waals surface area contributed by atoms with Gasteiger partial charge >= 0.3 is 0 Å². The third kappa shape index (κ3) is 3.42. The van der Waals surface area contributed by atoms with Crippen molar-refractivity contribution in [1.29, 1.82) is 0 Å². The van der Waals surface area contributed by atoms with Crippen molar-refractivity contribution in [3.05, 3.63) is 52.0 Å². The molecule has 0 fully saturated rings. The summed E-state index contributed by atoms with van der Waals surface area (Å²) in [4.78, 5) is 10.1. The number of hydrogen-bond acceptors (Lipinski definition) is 4. The van der Waals surface area contributed by atoms with E-state index in [0.29, 0.717) is 29.7 Å². The Morgan fingerprint density at radius 1 is 1.35 bits per heavy atom. The summed E-state index contributed by atoms with van der Waals surface area (Å²) in [5, 5.41) is 13.9. The van der Waals surface area contributed by atoms with Crippen LogP contribution in [-0.4, -0.2) is 11.0 Å². The minimum atomic E-state index is -0.660. The minimum Gasteiger partial charge on any atom is -0.460 e. The summed E-state index contributed by atoms with van der Waals surface area (Å²) in [7, 11) is 0. The van der Waals surface area contributed by atoms with E-state index in [1.54, 1.807) is 12.1 Å². The SMILES string of the molecule is CC(C)NCc1ccc(-c2cc(F)cc([N+](=O)[O-])c2)o1. The second kappa shape index (κ2) is 5.83. The third-order valence-corrected chi connectivity index (χ3v) is 2.72. The molecule has 1 heterocycles. The maximum atomic E-state index is 13.4. The van der Waals surface area contributed by atoms with Gasteiger partial charge in [0.25, 0.3) is 5.69 Å². The summed E-state index contributed by atoms with van der Waals surface area (Å²) in [5.74, 6) is 0.446. The number of nitrogens with zero attached hydrogens (tertiary/aromatic N) is 1. The van der Waals surface area contributed by atoms with Crippen LogP contribution in [0.4, 0.5) is 10.1 Å². The molecule has 0 saturated carbocycles. The second-order valence-corrected chi connectivity index (χ2v) is 4.76. The van der Waals surface area contributed by atoms with E-state index < -0.39 is 10.7 Å². The minimum absolute atomic E-state index is 0.293. The van der Waals surface area contributed by atoms with Gasteiger partial charge in [-0.3, -0.25) is 10.1 Å². The number of rotatable bonds is 5. The Bertz CT molecular complexity index is 623. The summed E-state index contributed by atoms with van der Waals surface area (Å²) < 4.78 is 18.9. The van der Waals surface area contributed by atoms with Crippen LogP contribution in [0.5, 0.6) is 0 Å². The van der Waals surface area contributed by atoms with Crippen molar-refractivity contribution in [2.45, 2.75) is 26.4 Å². The first-order valence-electron chi connectivity index (χ1n) is 6.23. The van der Waals surface area contributed by atoms with Crippen molar-refractivity contribution in [2.24, 2.45) is 0 Å². The van der Waals surface area contributed by atoms with Crippen molar-refractivity contribution in [2.75, 3.05) is 0 Å². The Morgan fingerprint density at radius 3 is 2.75 bits per heavy atom. The molecule has 0 bridgehead atoms. The molecule has 1 N–H and O–H groups in total. The molecule has 0 unspecified atom stereocenters. The third-order valence-electron chi connectivity index (χ3n) is 2.72. The fraction of sp³-hybridized carbons (Fsp3) is 0.286. The van der Waals surface area contributed by atoms with E-state index in [9.17, 15) is 14.5 Å². The Balaban J connectivity index is 2.25. The van der Waals surface area contributed by atoms with Gasteiger partial charge < -0.3 is 9.73 Å². The van der Waals surface area contributed by atoms with Gasteiger partial charge in [0.15, 0.2) is 0 Å². The molecule has 106 valence electrons. The highest BCUT2D eigenvalue weighted by atomic mass is 19.1. The number of nitro benzene ring substituents is 1. The van der Waals surface area contributed by atoms with Gasteiger partial charge in [0.1, 0.15) is 17.3 Å². The highest BCUT2D eigenvalue weighted by Gasteiger charge is 2.13. The van der Waals surface area contributed by atoms with Gasteiger partial charge in [-0.2, -0.15) is 0 Å². The number of hydrogen-bond donors (Lipinski definition) is 1. The second-order valence-electron chi connectivity index (χ2n) is 4.76. The Kier molecular flexibility index (Phi) is 4.14. The van der Waals surface area contributed by atoms with Crippen molar-refractivity contribution >= 4 is 5.69 Å². The first-order chi connectivity index (χ1) is 9.45. The lowest BCUT2D eigenvalue weighted by molar-refractivity contribution is -0.385. The molecule has 0 radical (unpaired) electrons. The fourth-order valence-corrected chi connectivity index (χ4v) is 1.75. The van der Waals surface area contributed by atoms with Gasteiger partial charge in [-0.25, -0.2) is 4.39 Å². The monoisotopic (exact) mass is 278 g/mol. The number of nitro groups is 1. The van der Waals surface area contributed by atoms with Crippen molar-refractivity contribution < 1.29 is 13.7 Å². The van der Waals surface area contributed by atoms with Crippen LogP contribution in [0.15, 0.2) is 34.7 Å². The lowest BCUT2D eigenvalue weighted by Gasteiger charge is -2.05. The lowest BCUT2D eigenvalue weighted by Crippen LogP contribution is -2.21. The van der Waals surface area contributed by atoms with E-state index in [4.69, 9.17) is 4.42 Å². The van der Waals surface area contributed by atoms with E-state index in [1.165, 1.54) is 12.1 Å². The number of halogens is 1. The quantitative estimate of drug-likeness (QED) is 0.671. The van der Waals surface area contributed by atoms with Gasteiger partial charge in [-0.1, -0.05) is 13.8 Å². The molecule has 0 spiro atoms. The topological polar surface area (TPSA) is 68.3 Å². The molecule has 1 aromatic carbocycles. The molecule has 0 aliphatic carbocycles. The van der Waals surface area contributed by atoms with Gasteiger partial charge in [-0.15, -0.1) is 0 Å². The maximum Gasteiger partial charge on any atom is 0.273 e. The van der Waals surface area contributed by atoms with Gasteiger partial charge in [0.05, 0.1) is 17.5 Å². The molecule has 0 saturated heterocycles. The van der Waals surface area contributed by atoms with Gasteiger partial charge in [0.2, 0.25) is 0 Å². The van der Waals surface area contributed by atoms with E-state index in [1.807, 2.05) is 13.8 Å². The molecule has 1 aromatic heterocycles. The predicted octanol–water partition coefficient (Wildman–Crippen LogP) is 3.49. The first-order valence-corrected chi connectivity index (χ1v) is 6.23. The molecule has 2 rings (SSSR count). The number of nitrogens with one attached hydrogen (secondary N) is 1. The van der Waals surface area contributed by atoms with Crippen LogP contribution in [-0.2, 0) is 6.54 Å². The molecule has 0 amide bonds. The number of non-ortho nitro benzene ring substituents is 1. The standard InChI is InChI=1S/C14H15FN2O3/c1-9(2)16-8-13-3-4-14(20-13)10-5-11(15)7-12(6-10)17(18)19/h3-7,9,16H,8H2,1-2H3. The molecule has 5 nitrogen and oxygen atoms in total. The highest BCUT2D eigenvalue weighted by Crippen LogP contribution is 2.27. The largest absolute Gasteiger partial charge is 0.460 e. The van der Waals surface area contributed by atoms with Crippen LogP contribution in [0.1, 0.15) is 19.6 Å². The van der Waals surface area contributed by atoms with E-state index in [0.717, 1.165) is 6.07 Å². The van der Waals surface area contributed by atoms with Crippen molar-refractivity contribution in [3.8, 4) is 11.3 Å². The van der Waals surface area contributed by atoms with Crippen LogP contribution in [0.2, 0.25) is 0 Å². The highest BCUT2D eigenvalue weighted by molar-refractivity contribution is 5.61. The average Bonchev–Trinajstić information content (AvgIpc) is 2.84. The zero-order valence-electron chi connectivity index (χ0n) is 11.2. The van der Waals surface area contributed by atoms with Gasteiger partial charge in [0, 0.05) is 17.7 Å². The van der Waals surface area contributed by atoms with E-state index in [-0.39, 0.29) is 5.69 Å². The number of furan rings is 1. The molecule has 6 heteroatoms. The molecular weight excluding hydrogens is 263 g/mol. The maximum absolute atomic E-state index is 13.4. The normalized spacial score (nSPS) is 11.0. The lowest BCUT2D eigenvalue weighted by atomic mass is 10.1. The Hall–Kier alpha value is -2.21. The van der Waals surface area contributed by atoms with Crippen molar-refractivity contribution in [1.82, 2.24) is 5.32 Å². The van der Waals surface area contributed by atoms with Crippen LogP contribution in [0, 0.1) is 15.9 Å². The van der Waals surface area contributed by atoms with Gasteiger partial charge in [-0.05, 0) is 18.2 Å². The molecule has 20 heavy (non-hydrogen) atoms. The predicted molar refractivity (Wildman–Crippen MR) is 72.7 cm³/mol. The van der Waals surface area contributed by atoms with E-state index in [2.05, 4.69) is 5.32 Å². The molecule has 2 aromatic rings. The first kappa shape index (κ1) is 14.2. The Labute approximate surface area is 115 Å². The summed E-state index contributed by atoms with van der Waals surface area (Å²) in [6, 6.07) is 7.15. The molecule has 0 aliphatic heterocycles. The average molecular weight is 278 g/mol. The molecule has 0 aliphatic rings. The van der Waals surface area contributed by atoms with E-state index >= 15 is 0 Å². The zero-order valence-corrected chi connectivity index (χ0v) is 11.2. The molecular formula is C14H15FN2O3. The summed E-state index contributed by atoms with van der Waals surface area (Å²) in [6.07, 6.45) is 0. The Morgan fingerprint density at radius 2 is 2.10 bits per heavy atom. The number of benzene rings is 1. The van der Waals surface area contributed by atoms with Crippen LogP contribution in [0.25, 0.3) is 11.3 Å². The summed E-state index contributed by atoms with van der Waals surface area (Å²) in [6.45, 7) is 4.58. The zero-order chi connectivity index (χ0) is 14.7. The molecule has 0 atom stereocenters. The van der Waals surface area contributed by atoms with Crippen LogP contribution in [0.3, 0.4) is 0 Å². The smallest absolute Gasteiger partial charge is 0.273 e. The fourth-order valence-electron chi connectivity index (χ4n) is 1.75.